The van der Waals surface area contributed by atoms with Crippen LogP contribution in [0.3, 0.4) is 0 Å². The highest BCUT2D eigenvalue weighted by atomic mass is 16.6. The normalized spacial score (nSPS) is 19.3. The van der Waals surface area contributed by atoms with E-state index in [0.717, 1.165) is 44.3 Å². The summed E-state index contributed by atoms with van der Waals surface area (Å²) in [6, 6.07) is 7.93. The van der Waals surface area contributed by atoms with Gasteiger partial charge < -0.3 is 15.4 Å². The standard InChI is InChI=1S/C21H29N3O2/c1-20(2,3)26-19(25)24-12-10-21(11-13-24)9-8-17(14-21)15-4-6-16(7-5-15)18(22)23/h4-8H,9-14H2,1-3H3,(H3,22,23). The number of hydrogen-bond acceptors (Lipinski definition) is 3. The molecule has 5 nitrogen and oxygen atoms in total. The molecule has 1 aliphatic carbocycles. The molecule has 3 N–H and O–H groups in total. The Kier molecular flexibility index (Phi) is 4.82. The van der Waals surface area contributed by atoms with Gasteiger partial charge in [-0.2, -0.15) is 0 Å². The summed E-state index contributed by atoms with van der Waals surface area (Å²) < 4.78 is 5.50. The number of carbonyl (C=O) groups is 1. The molecule has 1 heterocycles. The van der Waals surface area contributed by atoms with Gasteiger partial charge in [-0.3, -0.25) is 5.41 Å². The van der Waals surface area contributed by atoms with Crippen molar-refractivity contribution in [3.63, 3.8) is 0 Å². The predicted molar refractivity (Wildman–Crippen MR) is 104 cm³/mol. The molecule has 1 aromatic carbocycles. The van der Waals surface area contributed by atoms with E-state index in [1.165, 1.54) is 11.1 Å². The minimum atomic E-state index is -0.444. The SMILES string of the molecule is CC(C)(C)OC(=O)N1CCC2(CC=C(c3ccc(C(=N)N)cc3)C2)CC1. The Bertz CT molecular complexity index is 721. The molecule has 0 atom stereocenters. The number of likely N-dealkylation sites (tertiary alicyclic amines) is 1. The van der Waals surface area contributed by atoms with Crippen molar-refractivity contribution in [1.82, 2.24) is 4.90 Å². The fourth-order valence-corrected chi connectivity index (χ4v) is 3.84. The highest BCUT2D eigenvalue weighted by molar-refractivity contribution is 5.95. The van der Waals surface area contributed by atoms with Gasteiger partial charge in [-0.25, -0.2) is 4.79 Å². The summed E-state index contributed by atoms with van der Waals surface area (Å²) in [6.07, 6.45) is 6.29. The molecule has 3 rings (SSSR count). The number of piperidine rings is 1. The first-order chi connectivity index (χ1) is 12.2. The summed E-state index contributed by atoms with van der Waals surface area (Å²) in [7, 11) is 0. The number of amidine groups is 1. The molecule has 0 unspecified atom stereocenters. The van der Waals surface area contributed by atoms with Gasteiger partial charge in [-0.15, -0.1) is 0 Å². The average molecular weight is 355 g/mol. The Morgan fingerprint density at radius 3 is 2.35 bits per heavy atom. The lowest BCUT2D eigenvalue weighted by molar-refractivity contribution is 0.0114. The van der Waals surface area contributed by atoms with Gasteiger partial charge in [0.1, 0.15) is 11.4 Å². The van der Waals surface area contributed by atoms with Gasteiger partial charge in [0.15, 0.2) is 0 Å². The van der Waals surface area contributed by atoms with Crippen LogP contribution >= 0.6 is 0 Å². The first kappa shape index (κ1) is 18.5. The largest absolute Gasteiger partial charge is 0.444 e. The molecule has 1 spiro atoms. The Labute approximate surface area is 155 Å². The molecule has 140 valence electrons. The van der Waals surface area contributed by atoms with E-state index in [9.17, 15) is 4.79 Å². The zero-order valence-electron chi connectivity index (χ0n) is 16.0. The molecule has 5 heteroatoms. The molecule has 0 bridgehead atoms. The second kappa shape index (κ2) is 6.78. The van der Waals surface area contributed by atoms with E-state index in [-0.39, 0.29) is 17.3 Å². The second-order valence-electron chi connectivity index (χ2n) is 8.57. The zero-order valence-corrected chi connectivity index (χ0v) is 16.0. The first-order valence-corrected chi connectivity index (χ1v) is 9.29. The predicted octanol–water partition coefficient (Wildman–Crippen LogP) is 4.17. The van der Waals surface area contributed by atoms with Crippen LogP contribution in [0, 0.1) is 10.8 Å². The minimum absolute atomic E-state index is 0.0999. The molecule has 1 amide bonds. The Morgan fingerprint density at radius 2 is 1.81 bits per heavy atom. The van der Waals surface area contributed by atoms with Gasteiger partial charge in [-0.05, 0) is 63.0 Å². The molecule has 1 aliphatic heterocycles. The maximum atomic E-state index is 12.3. The van der Waals surface area contributed by atoms with Crippen molar-refractivity contribution in [2.75, 3.05) is 13.1 Å². The van der Waals surface area contributed by atoms with Crippen LogP contribution in [0.4, 0.5) is 4.79 Å². The third-order valence-electron chi connectivity index (χ3n) is 5.39. The zero-order chi connectivity index (χ0) is 18.9. The van der Waals surface area contributed by atoms with Crippen LogP contribution in [-0.2, 0) is 4.74 Å². The molecule has 1 fully saturated rings. The summed E-state index contributed by atoms with van der Waals surface area (Å²) in [5.74, 6) is 0.0999. The van der Waals surface area contributed by atoms with Crippen LogP contribution in [-0.4, -0.2) is 35.5 Å². The summed E-state index contributed by atoms with van der Waals surface area (Å²) >= 11 is 0. The number of amides is 1. The van der Waals surface area contributed by atoms with E-state index in [1.54, 1.807) is 0 Å². The van der Waals surface area contributed by atoms with Crippen molar-refractivity contribution < 1.29 is 9.53 Å². The van der Waals surface area contributed by atoms with E-state index >= 15 is 0 Å². The van der Waals surface area contributed by atoms with Crippen molar-refractivity contribution in [3.8, 4) is 0 Å². The number of nitrogens with two attached hydrogens (primary N) is 1. The first-order valence-electron chi connectivity index (χ1n) is 9.29. The second-order valence-corrected chi connectivity index (χ2v) is 8.57. The van der Waals surface area contributed by atoms with Crippen LogP contribution in [0.2, 0.25) is 0 Å². The number of carbonyl (C=O) groups excluding carboxylic acids is 1. The van der Waals surface area contributed by atoms with Crippen LogP contribution < -0.4 is 5.73 Å². The van der Waals surface area contributed by atoms with E-state index in [2.05, 4.69) is 18.2 Å². The highest BCUT2D eigenvalue weighted by Gasteiger charge is 2.39. The summed E-state index contributed by atoms with van der Waals surface area (Å²) in [5, 5.41) is 7.50. The van der Waals surface area contributed by atoms with Crippen molar-refractivity contribution in [1.29, 1.82) is 5.41 Å². The van der Waals surface area contributed by atoms with Gasteiger partial charge in [0.05, 0.1) is 0 Å². The number of nitrogens with zero attached hydrogens (tertiary/aromatic N) is 1. The van der Waals surface area contributed by atoms with Gasteiger partial charge >= 0.3 is 6.09 Å². The minimum Gasteiger partial charge on any atom is -0.444 e. The van der Waals surface area contributed by atoms with Crippen molar-refractivity contribution in [2.45, 2.75) is 52.1 Å². The van der Waals surface area contributed by atoms with Gasteiger partial charge in [0.25, 0.3) is 0 Å². The number of allylic oxidation sites excluding steroid dienone is 2. The quantitative estimate of drug-likeness (QED) is 0.617. The number of hydrogen-bond donors (Lipinski definition) is 2. The van der Waals surface area contributed by atoms with Crippen LogP contribution in [0.5, 0.6) is 0 Å². The van der Waals surface area contributed by atoms with Crippen LogP contribution in [0.1, 0.15) is 57.6 Å². The number of nitrogen functional groups attached to an aromatic ring is 1. The summed E-state index contributed by atoms with van der Waals surface area (Å²) in [4.78, 5) is 14.1. The summed E-state index contributed by atoms with van der Waals surface area (Å²) in [5.41, 5.74) is 8.69. The summed E-state index contributed by atoms with van der Waals surface area (Å²) in [6.45, 7) is 7.24. The fourth-order valence-electron chi connectivity index (χ4n) is 3.84. The van der Waals surface area contributed by atoms with E-state index in [0.29, 0.717) is 0 Å². The molecule has 0 aromatic heterocycles. The molecule has 1 saturated heterocycles. The van der Waals surface area contributed by atoms with Crippen LogP contribution in [0.15, 0.2) is 30.3 Å². The number of ether oxygens (including phenoxy) is 1. The third-order valence-corrected chi connectivity index (χ3v) is 5.39. The molecule has 2 aliphatic rings. The third kappa shape index (κ3) is 4.09. The molecule has 1 aromatic rings. The Balaban J connectivity index is 1.58. The number of benzene rings is 1. The van der Waals surface area contributed by atoms with Gasteiger partial charge in [-0.1, -0.05) is 30.3 Å². The van der Waals surface area contributed by atoms with Crippen LogP contribution in [0.25, 0.3) is 5.57 Å². The smallest absolute Gasteiger partial charge is 0.410 e. The average Bonchev–Trinajstić information content (AvgIpc) is 2.98. The maximum absolute atomic E-state index is 12.3. The lowest BCUT2D eigenvalue weighted by Crippen LogP contribution is -2.44. The van der Waals surface area contributed by atoms with Crippen molar-refractivity contribution in [2.24, 2.45) is 11.1 Å². The van der Waals surface area contributed by atoms with E-state index < -0.39 is 5.60 Å². The number of rotatable bonds is 2. The van der Waals surface area contributed by atoms with Crippen molar-refractivity contribution >= 4 is 17.5 Å². The van der Waals surface area contributed by atoms with E-state index in [1.807, 2.05) is 37.8 Å². The lowest BCUT2D eigenvalue weighted by atomic mass is 9.75. The molecule has 26 heavy (non-hydrogen) atoms. The molecular formula is C21H29N3O2. The van der Waals surface area contributed by atoms with E-state index in [4.69, 9.17) is 15.9 Å². The van der Waals surface area contributed by atoms with Gasteiger partial charge in [0, 0.05) is 18.7 Å². The highest BCUT2D eigenvalue weighted by Crippen LogP contribution is 2.48. The van der Waals surface area contributed by atoms with Crippen molar-refractivity contribution in [3.05, 3.63) is 41.5 Å². The maximum Gasteiger partial charge on any atom is 0.410 e. The Hall–Kier alpha value is -2.30. The molecule has 0 radical (unpaired) electrons. The number of nitrogens with one attached hydrogen (secondary N) is 1. The monoisotopic (exact) mass is 355 g/mol. The Morgan fingerprint density at radius 1 is 1.19 bits per heavy atom. The molecular weight excluding hydrogens is 326 g/mol. The lowest BCUT2D eigenvalue weighted by Gasteiger charge is -2.40. The molecule has 0 saturated carbocycles. The topological polar surface area (TPSA) is 79.4 Å². The van der Waals surface area contributed by atoms with Gasteiger partial charge in [0.2, 0.25) is 0 Å². The fraction of sp³-hybridized carbons (Fsp3) is 0.524.